The molecular formula is C39H68O6. The lowest BCUT2D eigenvalue weighted by atomic mass is 10.0. The molecule has 0 saturated heterocycles. The van der Waals surface area contributed by atoms with Crippen LogP contribution >= 0.6 is 0 Å². The predicted octanol–water partition coefficient (Wildman–Crippen LogP) is 9.89. The minimum absolute atomic E-state index is 0.116. The normalized spacial score (nSPS) is 13.6. The summed E-state index contributed by atoms with van der Waals surface area (Å²) in [7, 11) is 0. The number of allylic oxidation sites excluding steroid dienone is 6. The van der Waals surface area contributed by atoms with Gasteiger partial charge in [0.05, 0.1) is 12.7 Å². The van der Waals surface area contributed by atoms with E-state index >= 15 is 0 Å². The average Bonchev–Trinajstić information content (AvgIpc) is 3.02. The second-order valence-electron chi connectivity index (χ2n) is 12.6. The van der Waals surface area contributed by atoms with Crippen LogP contribution in [-0.2, 0) is 19.1 Å². The van der Waals surface area contributed by atoms with Gasteiger partial charge < -0.3 is 19.7 Å². The summed E-state index contributed by atoms with van der Waals surface area (Å²) in [5.41, 5.74) is 0. The van der Waals surface area contributed by atoms with E-state index in [9.17, 15) is 19.8 Å². The first-order valence-electron chi connectivity index (χ1n) is 18.2. The first-order chi connectivity index (χ1) is 21.9. The van der Waals surface area contributed by atoms with Crippen LogP contribution in [0, 0.1) is 5.92 Å². The van der Waals surface area contributed by atoms with Crippen LogP contribution in [-0.4, -0.2) is 47.6 Å². The van der Waals surface area contributed by atoms with Gasteiger partial charge in [0.2, 0.25) is 0 Å². The largest absolute Gasteiger partial charge is 0.462 e. The zero-order valence-electron chi connectivity index (χ0n) is 29.1. The molecule has 45 heavy (non-hydrogen) atoms. The fraction of sp³-hybridized carbons (Fsp3) is 0.744. The van der Waals surface area contributed by atoms with Crippen molar-refractivity contribution in [2.75, 3.05) is 13.2 Å². The van der Waals surface area contributed by atoms with Crippen LogP contribution in [0.2, 0.25) is 0 Å². The zero-order valence-corrected chi connectivity index (χ0v) is 29.1. The first kappa shape index (κ1) is 42.8. The van der Waals surface area contributed by atoms with Gasteiger partial charge in [0.1, 0.15) is 6.61 Å². The number of rotatable bonds is 31. The Labute approximate surface area is 276 Å². The highest BCUT2D eigenvalue weighted by molar-refractivity contribution is 5.70. The number of hydrogen-bond donors (Lipinski definition) is 2. The molecule has 0 heterocycles. The third-order valence-corrected chi connectivity index (χ3v) is 7.63. The van der Waals surface area contributed by atoms with E-state index in [0.717, 1.165) is 44.4 Å². The molecule has 0 saturated carbocycles. The van der Waals surface area contributed by atoms with Crippen LogP contribution in [0.3, 0.4) is 0 Å². The van der Waals surface area contributed by atoms with Gasteiger partial charge in [-0.1, -0.05) is 146 Å². The molecule has 6 heteroatoms. The molecule has 0 spiro atoms. The van der Waals surface area contributed by atoms with Crippen LogP contribution in [0.15, 0.2) is 48.6 Å². The number of carbonyl (C=O) groups is 2. The molecule has 0 aliphatic heterocycles. The van der Waals surface area contributed by atoms with Crippen molar-refractivity contribution in [2.45, 2.75) is 168 Å². The average molecular weight is 633 g/mol. The van der Waals surface area contributed by atoms with E-state index in [4.69, 9.17) is 9.47 Å². The summed E-state index contributed by atoms with van der Waals surface area (Å²) >= 11 is 0. The van der Waals surface area contributed by atoms with E-state index in [0.29, 0.717) is 19.3 Å². The molecule has 6 nitrogen and oxygen atoms in total. The van der Waals surface area contributed by atoms with Crippen molar-refractivity contribution in [2.24, 2.45) is 5.92 Å². The second-order valence-corrected chi connectivity index (χ2v) is 12.6. The van der Waals surface area contributed by atoms with E-state index in [2.05, 4.69) is 26.8 Å². The second kappa shape index (κ2) is 33.2. The summed E-state index contributed by atoms with van der Waals surface area (Å²) in [6, 6.07) is 0. The van der Waals surface area contributed by atoms with Crippen molar-refractivity contribution in [1.29, 1.82) is 0 Å². The Balaban J connectivity index is 3.76. The van der Waals surface area contributed by atoms with Crippen LogP contribution in [0.5, 0.6) is 0 Å². The number of esters is 2. The molecule has 2 N–H and O–H groups in total. The fourth-order valence-corrected chi connectivity index (χ4v) is 4.81. The van der Waals surface area contributed by atoms with Crippen LogP contribution in [0.1, 0.15) is 156 Å². The summed E-state index contributed by atoms with van der Waals surface area (Å²) in [5.74, 6) is 0.115. The third-order valence-electron chi connectivity index (χ3n) is 7.63. The standard InChI is InChI=1S/C39H68O6/c1-4-5-6-7-13-19-24-29-36(41)30-25-20-15-12-17-21-26-31-38(42)44-34-37(33-40)45-39(43)32-27-22-16-11-9-8-10-14-18-23-28-35(2)3/h12-13,17,19-20,24-25,29,35-37,40-41H,4-11,14-16,18,21-23,26-28,30-34H2,1-3H3/b17-12+,19-13-,25-20-,29-24-/t36-,37+/m1/s1. The van der Waals surface area contributed by atoms with Gasteiger partial charge >= 0.3 is 11.9 Å². The number of aliphatic hydroxyl groups excluding tert-OH is 2. The molecule has 0 amide bonds. The van der Waals surface area contributed by atoms with Gasteiger partial charge in [-0.3, -0.25) is 9.59 Å². The van der Waals surface area contributed by atoms with Crippen molar-refractivity contribution in [3.05, 3.63) is 48.6 Å². The van der Waals surface area contributed by atoms with Crippen molar-refractivity contribution in [3.8, 4) is 0 Å². The lowest BCUT2D eigenvalue weighted by Gasteiger charge is -2.15. The van der Waals surface area contributed by atoms with Gasteiger partial charge in [0, 0.05) is 12.8 Å². The van der Waals surface area contributed by atoms with Crippen LogP contribution in [0.4, 0.5) is 0 Å². The molecular weight excluding hydrogens is 564 g/mol. The molecule has 0 unspecified atom stereocenters. The summed E-state index contributed by atoms with van der Waals surface area (Å²) in [5, 5.41) is 19.5. The topological polar surface area (TPSA) is 93.1 Å². The quantitative estimate of drug-likeness (QED) is 0.0342. The number of carbonyl (C=O) groups excluding carboxylic acids is 2. The minimum Gasteiger partial charge on any atom is -0.462 e. The summed E-state index contributed by atoms with van der Waals surface area (Å²) < 4.78 is 10.5. The third kappa shape index (κ3) is 33.0. The molecule has 260 valence electrons. The van der Waals surface area contributed by atoms with E-state index in [-0.39, 0.29) is 31.6 Å². The molecule has 0 aromatic carbocycles. The fourth-order valence-electron chi connectivity index (χ4n) is 4.81. The molecule has 2 atom stereocenters. The van der Waals surface area contributed by atoms with Crippen molar-refractivity contribution in [3.63, 3.8) is 0 Å². The van der Waals surface area contributed by atoms with Gasteiger partial charge in [-0.15, -0.1) is 0 Å². The highest BCUT2D eigenvalue weighted by Gasteiger charge is 2.16. The Morgan fingerprint density at radius 3 is 1.98 bits per heavy atom. The summed E-state index contributed by atoms with van der Waals surface area (Å²) in [6.07, 6.45) is 36.3. The van der Waals surface area contributed by atoms with Crippen molar-refractivity contribution in [1.82, 2.24) is 0 Å². The van der Waals surface area contributed by atoms with E-state index in [1.165, 1.54) is 70.6 Å². The maximum atomic E-state index is 12.1. The molecule has 0 aliphatic carbocycles. The Hall–Kier alpha value is -2.18. The smallest absolute Gasteiger partial charge is 0.306 e. The van der Waals surface area contributed by atoms with Crippen molar-refractivity contribution >= 4 is 11.9 Å². The van der Waals surface area contributed by atoms with E-state index < -0.39 is 12.2 Å². The van der Waals surface area contributed by atoms with Crippen LogP contribution < -0.4 is 0 Å². The number of aliphatic hydroxyl groups is 2. The maximum Gasteiger partial charge on any atom is 0.306 e. The van der Waals surface area contributed by atoms with Crippen molar-refractivity contribution < 1.29 is 29.3 Å². The Bertz CT molecular complexity index is 797. The summed E-state index contributed by atoms with van der Waals surface area (Å²) in [6.45, 7) is 6.29. The Kier molecular flexibility index (Phi) is 31.6. The number of ether oxygens (including phenoxy) is 2. The molecule has 0 bridgehead atoms. The number of hydrogen-bond acceptors (Lipinski definition) is 6. The molecule has 0 radical (unpaired) electrons. The molecule has 0 rings (SSSR count). The lowest BCUT2D eigenvalue weighted by Crippen LogP contribution is -2.28. The van der Waals surface area contributed by atoms with Gasteiger partial charge in [-0.05, 0) is 50.9 Å². The lowest BCUT2D eigenvalue weighted by molar-refractivity contribution is -0.161. The Morgan fingerprint density at radius 2 is 1.31 bits per heavy atom. The maximum absolute atomic E-state index is 12.1. The number of unbranched alkanes of at least 4 members (excludes halogenated alkanes) is 13. The molecule has 0 aliphatic rings. The monoisotopic (exact) mass is 633 g/mol. The minimum atomic E-state index is -0.810. The SMILES string of the molecule is CCCCC/C=C\C=C/[C@@H](O)C/C=C\C/C=C/CCCC(=O)OC[C@H](CO)OC(=O)CCCCCCCCCCCCC(C)C. The molecule has 0 aromatic heterocycles. The van der Waals surface area contributed by atoms with Gasteiger partial charge in [-0.2, -0.15) is 0 Å². The van der Waals surface area contributed by atoms with E-state index in [1.807, 2.05) is 42.5 Å². The highest BCUT2D eigenvalue weighted by atomic mass is 16.6. The van der Waals surface area contributed by atoms with Gasteiger partial charge in [0.15, 0.2) is 6.10 Å². The first-order valence-corrected chi connectivity index (χ1v) is 18.2. The van der Waals surface area contributed by atoms with Gasteiger partial charge in [-0.25, -0.2) is 0 Å². The predicted molar refractivity (Wildman–Crippen MR) is 188 cm³/mol. The Morgan fingerprint density at radius 1 is 0.689 bits per heavy atom. The summed E-state index contributed by atoms with van der Waals surface area (Å²) in [4.78, 5) is 24.2. The molecule has 0 aromatic rings. The highest BCUT2D eigenvalue weighted by Crippen LogP contribution is 2.14. The zero-order chi connectivity index (χ0) is 33.2. The van der Waals surface area contributed by atoms with Gasteiger partial charge in [0.25, 0.3) is 0 Å². The van der Waals surface area contributed by atoms with E-state index in [1.54, 1.807) is 0 Å². The van der Waals surface area contributed by atoms with Crippen LogP contribution in [0.25, 0.3) is 0 Å². The molecule has 0 fully saturated rings.